The number of aliphatic hydroxyl groups is 1. The maximum atomic E-state index is 15.2. The molecule has 354 valence electrons. The van der Waals surface area contributed by atoms with Crippen molar-refractivity contribution >= 4 is 46.7 Å². The molecule has 4 unspecified atom stereocenters. The molecule has 5 amide bonds. The van der Waals surface area contributed by atoms with Gasteiger partial charge in [0.2, 0.25) is 29.5 Å². The second-order valence-electron chi connectivity index (χ2n) is 19.8. The van der Waals surface area contributed by atoms with Crippen LogP contribution in [-0.4, -0.2) is 125 Å². The van der Waals surface area contributed by atoms with Crippen LogP contribution in [0.1, 0.15) is 120 Å². The van der Waals surface area contributed by atoms with Crippen LogP contribution in [-0.2, 0) is 28.7 Å². The molecule has 5 fully saturated rings. The van der Waals surface area contributed by atoms with Crippen LogP contribution in [0, 0.1) is 17.2 Å². The molecule has 5 N–H and O–H groups in total. The molecule has 2 saturated carbocycles. The fourth-order valence-electron chi connectivity index (χ4n) is 12.0. The quantitative estimate of drug-likeness (QED) is 0.238. The number of likely N-dealkylation sites (N-methyl/N-ethyl adjacent to an activating group) is 1. The van der Waals surface area contributed by atoms with Crippen molar-refractivity contribution in [1.29, 1.82) is 0 Å². The van der Waals surface area contributed by atoms with Crippen molar-refractivity contribution in [3.8, 4) is 0 Å². The van der Waals surface area contributed by atoms with E-state index in [9.17, 15) is 29.1 Å². The Bertz CT molecular complexity index is 2310. The number of halogens is 1. The fraction of sp³-hybridized carbons (Fsp3) is 0.625. The molecular formula is C48H63FN10O7. The summed E-state index contributed by atoms with van der Waals surface area (Å²) in [6.45, 7) is 4.28. The number of hydrogen-bond acceptors (Lipinski definition) is 13. The lowest BCUT2D eigenvalue weighted by atomic mass is 9.62. The molecule has 7 aliphatic rings. The highest BCUT2D eigenvalue weighted by atomic mass is 19.1. The number of aliphatic hydroxyl groups excluding tert-OH is 1. The minimum Gasteiger partial charge on any atom is -0.500 e. The van der Waals surface area contributed by atoms with Gasteiger partial charge in [0.25, 0.3) is 0 Å². The molecule has 4 atom stereocenters. The standard InChI is InChI=1S/C48H63FN10O7/c1-4-34-44(64)56(2)35-26-52-40(54-41(35)59(34)30-8-5-6-9-30)38-36(66-3)10-7-15-48(38,50)45(65)55-47(20-23-60)18-16-46(17-19-47)27-58(28-46)43(63)29-13-21-57(22-14-29)31-24-33(49)39(51-25-31)32-11-12-37(61)53-42(32)62/h7,10,15,24-26,29-30,32,34,38,60H,4-6,8-9,11-14,16-23,27-28,50H2,1-3H3,(H,55,65)(H,53,61,62). The number of imide groups is 1. The third-order valence-electron chi connectivity index (χ3n) is 15.9. The Kier molecular flexibility index (Phi) is 12.4. The number of allylic oxidation sites excluding steroid dienone is 2. The number of rotatable bonds is 11. The van der Waals surface area contributed by atoms with Gasteiger partial charge in [0.15, 0.2) is 5.82 Å². The first-order valence-electron chi connectivity index (χ1n) is 23.8. The topological polar surface area (TPSA) is 217 Å². The van der Waals surface area contributed by atoms with Gasteiger partial charge >= 0.3 is 0 Å². The number of carbonyl (C=O) groups is 5. The molecule has 9 rings (SSSR count). The maximum Gasteiger partial charge on any atom is 0.249 e. The number of carbonyl (C=O) groups excluding carboxylic acids is 5. The number of nitrogens with zero attached hydrogens (tertiary/aromatic N) is 7. The molecule has 2 aromatic heterocycles. The highest BCUT2D eigenvalue weighted by Gasteiger charge is 2.54. The minimum absolute atomic E-state index is 0.00725. The SMILES string of the molecule is CCC1C(=O)N(C)c2cnc(C3C(OC)=CC=CC3(N)C(=O)NC3(CCO)CCC4(CC3)CN(C(=O)C3CCN(c5cnc(C6CCC(=O)NC6=O)c(F)c5)CC3)C4)nc2N1C1CCCC1. The van der Waals surface area contributed by atoms with Gasteiger partial charge in [0.1, 0.15) is 40.6 Å². The van der Waals surface area contributed by atoms with E-state index in [0.717, 1.165) is 38.5 Å². The number of likely N-dealkylation sites (tertiary alicyclic amines) is 1. The smallest absolute Gasteiger partial charge is 0.249 e. The number of nitrogens with two attached hydrogens (primary N) is 1. The third-order valence-corrected chi connectivity index (χ3v) is 15.9. The van der Waals surface area contributed by atoms with Crippen LogP contribution in [0.2, 0.25) is 0 Å². The molecule has 3 aliphatic carbocycles. The van der Waals surface area contributed by atoms with Crippen molar-refractivity contribution in [3.05, 3.63) is 59.8 Å². The van der Waals surface area contributed by atoms with Gasteiger partial charge in [-0.05, 0) is 76.7 Å². The second kappa shape index (κ2) is 18.0. The highest BCUT2D eigenvalue weighted by Crippen LogP contribution is 2.49. The van der Waals surface area contributed by atoms with Gasteiger partial charge in [-0.3, -0.25) is 34.3 Å². The van der Waals surface area contributed by atoms with Crippen molar-refractivity contribution in [1.82, 2.24) is 30.5 Å². The number of pyridine rings is 1. The summed E-state index contributed by atoms with van der Waals surface area (Å²) in [6, 6.07) is 1.18. The maximum absolute atomic E-state index is 15.2. The van der Waals surface area contributed by atoms with Crippen LogP contribution >= 0.6 is 0 Å². The fourth-order valence-corrected chi connectivity index (χ4v) is 12.0. The van der Waals surface area contributed by atoms with Crippen molar-refractivity contribution in [2.45, 2.75) is 132 Å². The Labute approximate surface area is 384 Å². The van der Waals surface area contributed by atoms with Gasteiger partial charge in [-0.15, -0.1) is 0 Å². The van der Waals surface area contributed by atoms with E-state index in [1.165, 1.54) is 13.2 Å². The van der Waals surface area contributed by atoms with E-state index in [1.54, 1.807) is 42.6 Å². The van der Waals surface area contributed by atoms with Crippen molar-refractivity contribution < 1.29 is 38.2 Å². The average molecular weight is 911 g/mol. The molecule has 1 spiro atoms. The molecule has 66 heavy (non-hydrogen) atoms. The normalized spacial score (nSPS) is 27.6. The molecule has 0 aromatic carbocycles. The van der Waals surface area contributed by atoms with Crippen molar-refractivity contribution in [2.75, 3.05) is 61.6 Å². The molecule has 17 nitrogen and oxygen atoms in total. The summed E-state index contributed by atoms with van der Waals surface area (Å²) in [7, 11) is 3.29. The van der Waals surface area contributed by atoms with E-state index in [-0.39, 0.29) is 66.3 Å². The average Bonchev–Trinajstić information content (AvgIpc) is 3.84. The highest BCUT2D eigenvalue weighted by molar-refractivity contribution is 6.04. The number of amides is 5. The van der Waals surface area contributed by atoms with Crippen LogP contribution in [0.15, 0.2) is 42.4 Å². The van der Waals surface area contributed by atoms with Crippen LogP contribution in [0.4, 0.5) is 21.6 Å². The first-order valence-corrected chi connectivity index (χ1v) is 23.8. The summed E-state index contributed by atoms with van der Waals surface area (Å²) >= 11 is 0. The van der Waals surface area contributed by atoms with E-state index >= 15 is 4.39 Å². The van der Waals surface area contributed by atoms with Gasteiger partial charge in [0.05, 0.1) is 36.8 Å². The molecule has 0 radical (unpaired) electrons. The molecule has 18 heteroatoms. The van der Waals surface area contributed by atoms with Gasteiger partial charge in [-0.1, -0.05) is 31.9 Å². The van der Waals surface area contributed by atoms with E-state index < -0.39 is 40.5 Å². The number of hydrogen-bond donors (Lipinski definition) is 4. The van der Waals surface area contributed by atoms with Gasteiger partial charge in [-0.25, -0.2) is 14.4 Å². The predicted molar refractivity (Wildman–Crippen MR) is 242 cm³/mol. The van der Waals surface area contributed by atoms with Crippen molar-refractivity contribution in [2.24, 2.45) is 17.1 Å². The minimum atomic E-state index is -1.65. The zero-order chi connectivity index (χ0) is 46.5. The Morgan fingerprint density at radius 3 is 2.41 bits per heavy atom. The van der Waals surface area contributed by atoms with Crippen molar-refractivity contribution in [3.63, 3.8) is 0 Å². The Balaban J connectivity index is 0.836. The summed E-state index contributed by atoms with van der Waals surface area (Å²) in [5.74, 6) is -2.20. The number of anilines is 3. The Morgan fingerprint density at radius 2 is 1.76 bits per heavy atom. The van der Waals surface area contributed by atoms with E-state index in [0.29, 0.717) is 93.5 Å². The van der Waals surface area contributed by atoms with Gasteiger partial charge in [-0.2, -0.15) is 0 Å². The monoisotopic (exact) mass is 910 g/mol. The van der Waals surface area contributed by atoms with Gasteiger partial charge in [0, 0.05) is 75.2 Å². The van der Waals surface area contributed by atoms with Crippen LogP contribution in [0.5, 0.6) is 0 Å². The largest absolute Gasteiger partial charge is 0.500 e. The number of aromatic nitrogens is 3. The lowest BCUT2D eigenvalue weighted by Crippen LogP contribution is -2.67. The molecule has 4 aliphatic heterocycles. The lowest BCUT2D eigenvalue weighted by molar-refractivity contribution is -0.152. The first-order chi connectivity index (χ1) is 31.7. The second-order valence-corrected chi connectivity index (χ2v) is 19.8. The summed E-state index contributed by atoms with van der Waals surface area (Å²) in [5.41, 5.74) is 6.02. The van der Waals surface area contributed by atoms with Gasteiger partial charge < -0.3 is 40.5 Å². The Hall–Kier alpha value is -5.49. The summed E-state index contributed by atoms with van der Waals surface area (Å²) in [6.07, 6.45) is 17.8. The van der Waals surface area contributed by atoms with E-state index in [1.807, 2.05) is 16.7 Å². The zero-order valence-electron chi connectivity index (χ0n) is 38.3. The van der Waals surface area contributed by atoms with Crippen LogP contribution in [0.3, 0.4) is 0 Å². The summed E-state index contributed by atoms with van der Waals surface area (Å²) in [5, 5.41) is 15.9. The zero-order valence-corrected chi connectivity index (χ0v) is 38.3. The molecule has 6 heterocycles. The Morgan fingerprint density at radius 1 is 1.03 bits per heavy atom. The third kappa shape index (κ3) is 8.11. The number of fused-ring (bicyclic) bond motifs is 1. The van der Waals surface area contributed by atoms with E-state index in [2.05, 4.69) is 20.5 Å². The molecule has 2 aromatic rings. The number of piperidine rings is 2. The van der Waals surface area contributed by atoms with Crippen LogP contribution < -0.4 is 31.1 Å². The summed E-state index contributed by atoms with van der Waals surface area (Å²) < 4.78 is 21.1. The molecule has 0 bridgehead atoms. The number of ether oxygens (including phenoxy) is 1. The predicted octanol–water partition coefficient (Wildman–Crippen LogP) is 3.47. The number of nitrogens with one attached hydrogen (secondary N) is 2. The first kappa shape index (κ1) is 45.7. The molecular weight excluding hydrogens is 848 g/mol. The van der Waals surface area contributed by atoms with E-state index in [4.69, 9.17) is 20.4 Å². The number of methoxy groups -OCH3 is 1. The lowest BCUT2D eigenvalue weighted by Gasteiger charge is -2.57. The van der Waals surface area contributed by atoms with Crippen LogP contribution in [0.25, 0.3) is 0 Å². The summed E-state index contributed by atoms with van der Waals surface area (Å²) in [4.78, 5) is 88.0. The molecule has 3 saturated heterocycles.